The fourth-order valence-corrected chi connectivity index (χ4v) is 1.81. The maximum Gasteiger partial charge on any atom is 0.394 e. The Morgan fingerprint density at radius 2 is 1.85 bits per heavy atom. The van der Waals surface area contributed by atoms with Crippen LogP contribution in [0.4, 0.5) is 0 Å². The van der Waals surface area contributed by atoms with Gasteiger partial charge in [-0.25, -0.2) is 0 Å². The van der Waals surface area contributed by atoms with Gasteiger partial charge in [0.25, 0.3) is 0 Å². The van der Waals surface area contributed by atoms with E-state index in [0.717, 1.165) is 18.9 Å². The summed E-state index contributed by atoms with van der Waals surface area (Å²) in [7, 11) is -4.67. The predicted molar refractivity (Wildman–Crippen MR) is 76.4 cm³/mol. The third-order valence-corrected chi connectivity index (χ3v) is 2.61. The molecule has 7 nitrogen and oxygen atoms in total. The molecular weight excluding hydrogens is 331 g/mol. The van der Waals surface area contributed by atoms with Crippen LogP contribution in [0.25, 0.3) is 0 Å². The van der Waals surface area contributed by atoms with Gasteiger partial charge in [-0.1, -0.05) is 29.3 Å². The Bertz CT molecular complexity index is 563. The molecule has 0 saturated heterocycles. The Kier molecular flexibility index (Phi) is 6.50. The number of aliphatic imine (C=N–C) groups is 1. The third kappa shape index (κ3) is 6.92. The second kappa shape index (κ2) is 7.65. The lowest BCUT2D eigenvalue weighted by Crippen LogP contribution is -2.25. The Labute approximate surface area is 126 Å². The molecule has 0 atom stereocenters. The van der Waals surface area contributed by atoms with Crippen molar-refractivity contribution >= 4 is 39.4 Å². The predicted octanol–water partition coefficient (Wildman–Crippen LogP) is 1.72. The first kappa shape index (κ1) is 17.0. The van der Waals surface area contributed by atoms with Gasteiger partial charge in [-0.3, -0.25) is 14.1 Å². The molecule has 1 aromatic carbocycles. The summed E-state index contributed by atoms with van der Waals surface area (Å²) in [5.74, 6) is 1.35. The number of hydrogen-bond acceptors (Lipinski definition) is 5. The minimum atomic E-state index is -4.67. The summed E-state index contributed by atoms with van der Waals surface area (Å²) in [4.78, 5) is 4.20. The number of hydrogen-bond donors (Lipinski definition) is 3. The van der Waals surface area contributed by atoms with E-state index in [4.69, 9.17) is 45.5 Å². The summed E-state index contributed by atoms with van der Waals surface area (Å²) in [6, 6.07) is 5.27. The van der Waals surface area contributed by atoms with E-state index in [1.165, 1.54) is 0 Å². The van der Waals surface area contributed by atoms with Crippen molar-refractivity contribution in [2.75, 3.05) is 19.7 Å². The highest BCUT2D eigenvalue weighted by molar-refractivity contribution is 7.79. The van der Waals surface area contributed by atoms with Crippen LogP contribution in [0.5, 0.6) is 5.75 Å². The maximum atomic E-state index is 8.74. The number of rotatable bonds is 3. The maximum absolute atomic E-state index is 8.74. The van der Waals surface area contributed by atoms with Gasteiger partial charge in [0.1, 0.15) is 12.4 Å². The normalized spacial score (nSPS) is 13.9. The van der Waals surface area contributed by atoms with E-state index in [0.29, 0.717) is 22.4 Å². The van der Waals surface area contributed by atoms with Gasteiger partial charge in [-0.2, -0.15) is 8.42 Å². The molecule has 0 radical (unpaired) electrons. The minimum absolute atomic E-state index is 0.378. The Morgan fingerprint density at radius 1 is 1.30 bits per heavy atom. The quantitative estimate of drug-likeness (QED) is 0.721. The fraction of sp³-hybridized carbons (Fsp3) is 0.300. The first-order valence-corrected chi connectivity index (χ1v) is 7.46. The molecular formula is C10H12Cl2N2O5S. The van der Waals surface area contributed by atoms with Crippen LogP contribution in [0.2, 0.25) is 10.0 Å². The molecule has 0 fully saturated rings. The molecule has 0 unspecified atom stereocenters. The molecule has 3 N–H and O–H groups in total. The first-order chi connectivity index (χ1) is 9.27. The highest BCUT2D eigenvalue weighted by Crippen LogP contribution is 2.32. The Morgan fingerprint density at radius 3 is 2.30 bits per heavy atom. The van der Waals surface area contributed by atoms with E-state index in [9.17, 15) is 0 Å². The van der Waals surface area contributed by atoms with Crippen molar-refractivity contribution < 1.29 is 22.3 Å². The second-order valence-corrected chi connectivity index (χ2v) is 5.25. The van der Waals surface area contributed by atoms with E-state index in [-0.39, 0.29) is 0 Å². The topological polar surface area (TPSA) is 108 Å². The number of amidine groups is 1. The van der Waals surface area contributed by atoms with Crippen molar-refractivity contribution in [3.63, 3.8) is 0 Å². The summed E-state index contributed by atoms with van der Waals surface area (Å²) in [6.45, 7) is 2.05. The van der Waals surface area contributed by atoms with Gasteiger partial charge in [0, 0.05) is 6.54 Å². The lowest BCUT2D eigenvalue weighted by molar-refractivity contribution is 0.374. The molecule has 20 heavy (non-hydrogen) atoms. The van der Waals surface area contributed by atoms with Gasteiger partial charge in [-0.05, 0) is 12.1 Å². The average molecular weight is 343 g/mol. The first-order valence-electron chi connectivity index (χ1n) is 5.31. The highest BCUT2D eigenvalue weighted by atomic mass is 35.5. The molecule has 1 heterocycles. The zero-order chi connectivity index (χ0) is 15.2. The van der Waals surface area contributed by atoms with Crippen molar-refractivity contribution in [3.05, 3.63) is 28.2 Å². The summed E-state index contributed by atoms with van der Waals surface area (Å²) < 4.78 is 37.1. The number of para-hydroxylation sites is 1. The van der Waals surface area contributed by atoms with Gasteiger partial charge in [0.05, 0.1) is 16.6 Å². The van der Waals surface area contributed by atoms with Crippen LogP contribution in [0, 0.1) is 0 Å². The highest BCUT2D eigenvalue weighted by Gasteiger charge is 2.10. The molecule has 0 saturated carbocycles. The summed E-state index contributed by atoms with van der Waals surface area (Å²) in [5, 5.41) is 4.13. The van der Waals surface area contributed by atoms with Gasteiger partial charge in [0.2, 0.25) is 0 Å². The van der Waals surface area contributed by atoms with Crippen LogP contribution < -0.4 is 10.1 Å². The van der Waals surface area contributed by atoms with Crippen LogP contribution in [0.15, 0.2) is 23.2 Å². The second-order valence-electron chi connectivity index (χ2n) is 3.54. The molecule has 10 heteroatoms. The summed E-state index contributed by atoms with van der Waals surface area (Å²) in [6.07, 6.45) is 0. The number of benzene rings is 1. The number of nitrogens with zero attached hydrogens (tertiary/aromatic N) is 1. The van der Waals surface area contributed by atoms with Crippen LogP contribution in [0.1, 0.15) is 0 Å². The monoisotopic (exact) mass is 342 g/mol. The van der Waals surface area contributed by atoms with Crippen molar-refractivity contribution in [1.29, 1.82) is 0 Å². The third-order valence-electron chi connectivity index (χ3n) is 2.02. The smallest absolute Gasteiger partial charge is 0.394 e. The number of ether oxygens (including phenoxy) is 1. The molecule has 1 aliphatic rings. The van der Waals surface area contributed by atoms with Crippen LogP contribution in [-0.2, 0) is 10.4 Å². The minimum Gasteiger partial charge on any atom is -0.483 e. The van der Waals surface area contributed by atoms with Crippen molar-refractivity contribution in [2.24, 2.45) is 4.99 Å². The standard InChI is InChI=1S/C10H10Cl2N2O.H2O4S/c11-7-2-1-3-8(12)10(7)15-6-9-13-4-5-14-9;1-5(2,3)4/h1-3H,4-6H2,(H,13,14);(H2,1,2,3,4). The van der Waals surface area contributed by atoms with Gasteiger partial charge in [-0.15, -0.1) is 0 Å². The van der Waals surface area contributed by atoms with Crippen molar-refractivity contribution in [1.82, 2.24) is 5.32 Å². The molecule has 0 spiro atoms. The Balaban J connectivity index is 0.000000347. The lowest BCUT2D eigenvalue weighted by Gasteiger charge is -2.09. The molecule has 112 valence electrons. The van der Waals surface area contributed by atoms with E-state index in [2.05, 4.69) is 10.3 Å². The van der Waals surface area contributed by atoms with Crippen LogP contribution in [0.3, 0.4) is 0 Å². The number of nitrogens with one attached hydrogen (secondary N) is 1. The van der Waals surface area contributed by atoms with Crippen molar-refractivity contribution in [3.8, 4) is 5.75 Å². The van der Waals surface area contributed by atoms with E-state index >= 15 is 0 Å². The SMILES string of the molecule is Clc1cccc(Cl)c1OCC1=NCCN1.O=S(=O)(O)O. The average Bonchev–Trinajstić information content (AvgIpc) is 2.79. The molecule has 0 amide bonds. The van der Waals surface area contributed by atoms with Gasteiger partial charge in [0.15, 0.2) is 5.75 Å². The van der Waals surface area contributed by atoms with Crippen LogP contribution in [-0.4, -0.2) is 43.1 Å². The van der Waals surface area contributed by atoms with Crippen LogP contribution >= 0.6 is 23.2 Å². The van der Waals surface area contributed by atoms with E-state index in [1.807, 2.05) is 0 Å². The molecule has 0 bridgehead atoms. The van der Waals surface area contributed by atoms with Gasteiger partial charge < -0.3 is 10.1 Å². The zero-order valence-electron chi connectivity index (χ0n) is 10.1. The Hall–Kier alpha value is -1.06. The molecule has 0 aromatic heterocycles. The molecule has 1 aromatic rings. The number of halogens is 2. The van der Waals surface area contributed by atoms with E-state index in [1.54, 1.807) is 18.2 Å². The molecule has 1 aliphatic heterocycles. The molecule has 0 aliphatic carbocycles. The largest absolute Gasteiger partial charge is 0.483 e. The molecule has 2 rings (SSSR count). The van der Waals surface area contributed by atoms with Crippen molar-refractivity contribution in [2.45, 2.75) is 0 Å². The summed E-state index contributed by atoms with van der Waals surface area (Å²) >= 11 is 11.9. The lowest BCUT2D eigenvalue weighted by atomic mass is 10.3. The fourth-order valence-electron chi connectivity index (χ4n) is 1.30. The van der Waals surface area contributed by atoms with Gasteiger partial charge >= 0.3 is 10.4 Å². The summed E-state index contributed by atoms with van der Waals surface area (Å²) in [5.41, 5.74) is 0. The van der Waals surface area contributed by atoms with E-state index < -0.39 is 10.4 Å². The zero-order valence-corrected chi connectivity index (χ0v) is 12.4.